The van der Waals surface area contributed by atoms with E-state index in [9.17, 15) is 4.79 Å². The van der Waals surface area contributed by atoms with Crippen molar-refractivity contribution in [1.29, 1.82) is 0 Å². The largest absolute Gasteiger partial charge is 0.361 e. The van der Waals surface area contributed by atoms with E-state index in [0.717, 1.165) is 34.3 Å². The minimum atomic E-state index is -0.0102. The summed E-state index contributed by atoms with van der Waals surface area (Å²) in [6, 6.07) is 11.4. The zero-order valence-corrected chi connectivity index (χ0v) is 17.9. The highest BCUT2D eigenvalue weighted by atomic mass is 35.5. The molecular weight excluding hydrogens is 420 g/mol. The van der Waals surface area contributed by atoms with Crippen LogP contribution in [0.3, 0.4) is 0 Å². The lowest BCUT2D eigenvalue weighted by atomic mass is 10.0. The predicted molar refractivity (Wildman–Crippen MR) is 117 cm³/mol. The van der Waals surface area contributed by atoms with Gasteiger partial charge in [-0.2, -0.15) is 0 Å². The van der Waals surface area contributed by atoms with E-state index >= 15 is 0 Å². The number of aryl methyl sites for hydroxylation is 1. The zero-order valence-electron chi connectivity index (χ0n) is 16.3. The third kappa shape index (κ3) is 3.59. The molecule has 5 rings (SSSR count). The van der Waals surface area contributed by atoms with Crippen LogP contribution in [0.5, 0.6) is 0 Å². The summed E-state index contributed by atoms with van der Waals surface area (Å²) in [6.07, 6.45) is 2.50. The summed E-state index contributed by atoms with van der Waals surface area (Å²) in [5, 5.41) is 6.50. The van der Waals surface area contributed by atoms with Gasteiger partial charge in [0.2, 0.25) is 0 Å². The van der Waals surface area contributed by atoms with E-state index in [2.05, 4.69) is 15.1 Å². The molecule has 0 fully saturated rings. The molecular formula is C22H19ClN4O2S. The molecule has 0 saturated carbocycles. The maximum absolute atomic E-state index is 13.4. The second-order valence-corrected chi connectivity index (χ2v) is 8.72. The van der Waals surface area contributed by atoms with E-state index in [4.69, 9.17) is 16.1 Å². The van der Waals surface area contributed by atoms with Gasteiger partial charge in [0.15, 0.2) is 0 Å². The van der Waals surface area contributed by atoms with Crippen LogP contribution in [0.25, 0.3) is 10.9 Å². The number of carbonyl (C=O) groups is 1. The monoisotopic (exact) mass is 438 g/mol. The van der Waals surface area contributed by atoms with E-state index in [1.54, 1.807) is 12.3 Å². The van der Waals surface area contributed by atoms with Crippen LogP contribution in [0, 0.1) is 6.92 Å². The molecule has 0 atom stereocenters. The highest BCUT2D eigenvalue weighted by molar-refractivity contribution is 7.98. The van der Waals surface area contributed by atoms with Gasteiger partial charge in [-0.05, 0) is 37.3 Å². The van der Waals surface area contributed by atoms with Crippen molar-refractivity contribution in [3.05, 3.63) is 75.9 Å². The standard InChI is InChI=1S/C22H19ClN4O2S/c1-13-9-15(26-29-13)12-30-21-16(3-2-7-24-21)22(28)27-8-6-20-18(11-27)17-10-14(23)4-5-19(17)25-20/h2-5,7,9-10,25H,6,8,11-12H2,1H3. The Morgan fingerprint density at radius 3 is 3.07 bits per heavy atom. The fourth-order valence-corrected chi connectivity index (χ4v) is 4.87. The highest BCUT2D eigenvalue weighted by Crippen LogP contribution is 2.31. The minimum Gasteiger partial charge on any atom is -0.361 e. The lowest BCUT2D eigenvalue weighted by molar-refractivity contribution is 0.0730. The van der Waals surface area contributed by atoms with Gasteiger partial charge in [0.05, 0.1) is 11.3 Å². The van der Waals surface area contributed by atoms with Crippen molar-refractivity contribution in [2.24, 2.45) is 0 Å². The van der Waals surface area contributed by atoms with Gasteiger partial charge in [0.1, 0.15) is 10.8 Å². The topological polar surface area (TPSA) is 75.0 Å². The number of H-pyrrole nitrogens is 1. The number of carbonyl (C=O) groups excluding carboxylic acids is 1. The van der Waals surface area contributed by atoms with E-state index in [0.29, 0.717) is 34.5 Å². The van der Waals surface area contributed by atoms with Crippen LogP contribution in [0.1, 0.15) is 33.1 Å². The summed E-state index contributed by atoms with van der Waals surface area (Å²) in [4.78, 5) is 23.2. The SMILES string of the molecule is Cc1cc(CSc2ncccc2C(=O)N2CCc3[nH]c4ccc(Cl)cc4c3C2)no1. The number of thioether (sulfide) groups is 1. The highest BCUT2D eigenvalue weighted by Gasteiger charge is 2.26. The Balaban J connectivity index is 1.39. The van der Waals surface area contributed by atoms with Gasteiger partial charge in [-0.15, -0.1) is 0 Å². The molecule has 30 heavy (non-hydrogen) atoms. The van der Waals surface area contributed by atoms with Gasteiger partial charge >= 0.3 is 0 Å². The molecule has 0 aliphatic carbocycles. The number of amides is 1. The number of aromatic amines is 1. The Labute approximate surface area is 182 Å². The van der Waals surface area contributed by atoms with Crippen molar-refractivity contribution < 1.29 is 9.32 Å². The van der Waals surface area contributed by atoms with Crippen LogP contribution >= 0.6 is 23.4 Å². The van der Waals surface area contributed by atoms with Crippen LogP contribution in [-0.2, 0) is 18.7 Å². The van der Waals surface area contributed by atoms with Gasteiger partial charge in [-0.3, -0.25) is 4.79 Å². The number of fused-ring (bicyclic) bond motifs is 3. The molecule has 0 radical (unpaired) electrons. The molecule has 1 aromatic carbocycles. The molecule has 0 saturated heterocycles. The molecule has 1 aliphatic rings. The van der Waals surface area contributed by atoms with Gasteiger partial charge < -0.3 is 14.4 Å². The number of nitrogens with one attached hydrogen (secondary N) is 1. The molecule has 0 bridgehead atoms. The lowest BCUT2D eigenvalue weighted by Gasteiger charge is -2.27. The summed E-state index contributed by atoms with van der Waals surface area (Å²) in [5.41, 5.74) is 4.82. The number of benzene rings is 1. The summed E-state index contributed by atoms with van der Waals surface area (Å²) in [7, 11) is 0. The van der Waals surface area contributed by atoms with Crippen LogP contribution in [-0.4, -0.2) is 32.5 Å². The minimum absolute atomic E-state index is 0.0102. The van der Waals surface area contributed by atoms with Crippen molar-refractivity contribution in [3.8, 4) is 0 Å². The molecule has 1 N–H and O–H groups in total. The second-order valence-electron chi connectivity index (χ2n) is 7.32. The maximum atomic E-state index is 13.4. The third-order valence-corrected chi connectivity index (χ3v) is 6.53. The molecule has 3 aromatic heterocycles. The quantitative estimate of drug-likeness (QED) is 0.453. The van der Waals surface area contributed by atoms with Gasteiger partial charge in [-0.1, -0.05) is 28.5 Å². The number of pyridine rings is 1. The molecule has 6 nitrogen and oxygen atoms in total. The average molecular weight is 439 g/mol. The van der Waals surface area contributed by atoms with Crippen LogP contribution < -0.4 is 0 Å². The third-order valence-electron chi connectivity index (χ3n) is 5.26. The molecule has 8 heteroatoms. The van der Waals surface area contributed by atoms with E-state index < -0.39 is 0 Å². The number of halogens is 1. The van der Waals surface area contributed by atoms with Gasteiger partial charge in [0.25, 0.3) is 5.91 Å². The number of hydrogen-bond donors (Lipinski definition) is 1. The predicted octanol–water partition coefficient (Wildman–Crippen LogP) is 5.00. The van der Waals surface area contributed by atoms with Crippen LogP contribution in [0.4, 0.5) is 0 Å². The fourth-order valence-electron chi connectivity index (χ4n) is 3.83. The van der Waals surface area contributed by atoms with E-state index in [1.165, 1.54) is 17.5 Å². The van der Waals surface area contributed by atoms with Crippen LogP contribution in [0.2, 0.25) is 5.02 Å². The number of nitrogens with zero attached hydrogens (tertiary/aromatic N) is 3. The first-order valence-electron chi connectivity index (χ1n) is 9.67. The molecule has 1 amide bonds. The lowest BCUT2D eigenvalue weighted by Crippen LogP contribution is -2.36. The molecule has 1 aliphatic heterocycles. The van der Waals surface area contributed by atoms with Gasteiger partial charge in [-0.25, -0.2) is 4.98 Å². The Morgan fingerprint density at radius 1 is 1.33 bits per heavy atom. The number of hydrogen-bond acceptors (Lipinski definition) is 5. The van der Waals surface area contributed by atoms with Crippen molar-refractivity contribution in [2.45, 2.75) is 30.7 Å². The molecule has 4 heterocycles. The first kappa shape index (κ1) is 19.2. The summed E-state index contributed by atoms with van der Waals surface area (Å²) in [5.74, 6) is 1.36. The van der Waals surface area contributed by atoms with Crippen molar-refractivity contribution in [1.82, 2.24) is 20.0 Å². The first-order chi connectivity index (χ1) is 14.6. The molecule has 152 valence electrons. The maximum Gasteiger partial charge on any atom is 0.256 e. The summed E-state index contributed by atoms with van der Waals surface area (Å²) < 4.78 is 5.12. The molecule has 0 unspecified atom stereocenters. The second kappa shape index (κ2) is 7.81. The molecule has 0 spiro atoms. The Bertz CT molecular complexity index is 1250. The Hall–Kier alpha value is -2.77. The van der Waals surface area contributed by atoms with Crippen molar-refractivity contribution >= 4 is 40.2 Å². The number of aromatic nitrogens is 3. The normalized spacial score (nSPS) is 13.6. The first-order valence-corrected chi connectivity index (χ1v) is 11.0. The fraction of sp³-hybridized carbons (Fsp3) is 0.227. The van der Waals surface area contributed by atoms with Crippen LogP contribution in [0.15, 0.2) is 52.1 Å². The van der Waals surface area contributed by atoms with Crippen molar-refractivity contribution in [2.75, 3.05) is 6.54 Å². The summed E-state index contributed by atoms with van der Waals surface area (Å²) >= 11 is 7.70. The van der Waals surface area contributed by atoms with Gasteiger partial charge in [0, 0.05) is 64.7 Å². The smallest absolute Gasteiger partial charge is 0.256 e. The van der Waals surface area contributed by atoms with E-state index in [-0.39, 0.29) is 5.91 Å². The Kier molecular flexibility index (Phi) is 5.00. The van der Waals surface area contributed by atoms with E-state index in [1.807, 2.05) is 42.2 Å². The zero-order chi connectivity index (χ0) is 20.7. The number of rotatable bonds is 4. The Morgan fingerprint density at radius 2 is 2.23 bits per heavy atom. The summed E-state index contributed by atoms with van der Waals surface area (Å²) in [6.45, 7) is 3.07. The average Bonchev–Trinajstić information content (AvgIpc) is 3.34. The molecule has 4 aromatic rings. The van der Waals surface area contributed by atoms with Crippen molar-refractivity contribution in [3.63, 3.8) is 0 Å².